The van der Waals surface area contributed by atoms with Gasteiger partial charge in [0.25, 0.3) is 5.88 Å². The molecule has 0 N–H and O–H groups in total. The molecule has 3 nitrogen and oxygen atoms in total. The SMILES string of the molecule is CCc1cnc(OC(C)(C)C)c(OC2CC2)c1. The molecule has 0 aromatic carbocycles. The number of hydrogen-bond acceptors (Lipinski definition) is 3. The largest absolute Gasteiger partial charge is 0.485 e. The van der Waals surface area contributed by atoms with Gasteiger partial charge in [0.15, 0.2) is 5.75 Å². The van der Waals surface area contributed by atoms with Crippen molar-refractivity contribution in [2.24, 2.45) is 0 Å². The lowest BCUT2D eigenvalue weighted by molar-refractivity contribution is 0.115. The van der Waals surface area contributed by atoms with E-state index in [4.69, 9.17) is 9.47 Å². The Labute approximate surface area is 103 Å². The first-order chi connectivity index (χ1) is 7.98. The van der Waals surface area contributed by atoms with E-state index < -0.39 is 0 Å². The average molecular weight is 235 g/mol. The fourth-order valence-electron chi connectivity index (χ4n) is 1.48. The summed E-state index contributed by atoms with van der Waals surface area (Å²) in [6.07, 6.45) is 5.48. The van der Waals surface area contributed by atoms with Crippen molar-refractivity contribution < 1.29 is 9.47 Å². The average Bonchev–Trinajstić information content (AvgIpc) is 3.02. The molecular formula is C14H21NO2. The maximum Gasteiger partial charge on any atom is 0.257 e. The van der Waals surface area contributed by atoms with Crippen LogP contribution in [0.2, 0.25) is 0 Å². The summed E-state index contributed by atoms with van der Waals surface area (Å²) in [5.41, 5.74) is 0.935. The van der Waals surface area contributed by atoms with Crippen molar-refractivity contribution in [1.29, 1.82) is 0 Å². The predicted molar refractivity (Wildman–Crippen MR) is 67.6 cm³/mol. The number of hydrogen-bond donors (Lipinski definition) is 0. The van der Waals surface area contributed by atoms with E-state index in [-0.39, 0.29) is 5.60 Å². The highest BCUT2D eigenvalue weighted by Gasteiger charge is 2.26. The fourth-order valence-corrected chi connectivity index (χ4v) is 1.48. The molecule has 2 rings (SSSR count). The first kappa shape index (κ1) is 12.2. The lowest BCUT2D eigenvalue weighted by Gasteiger charge is -2.22. The van der Waals surface area contributed by atoms with E-state index >= 15 is 0 Å². The molecule has 0 unspecified atom stereocenters. The van der Waals surface area contributed by atoms with Gasteiger partial charge in [0.1, 0.15) is 5.60 Å². The van der Waals surface area contributed by atoms with E-state index in [2.05, 4.69) is 11.9 Å². The third-order valence-corrected chi connectivity index (χ3v) is 2.50. The van der Waals surface area contributed by atoms with Gasteiger partial charge < -0.3 is 9.47 Å². The molecule has 0 radical (unpaired) electrons. The lowest BCUT2D eigenvalue weighted by atomic mass is 10.2. The Hall–Kier alpha value is -1.25. The molecule has 1 aromatic rings. The molecule has 0 aliphatic heterocycles. The third-order valence-electron chi connectivity index (χ3n) is 2.50. The van der Waals surface area contributed by atoms with Gasteiger partial charge in [-0.05, 0) is 51.7 Å². The standard InChI is InChI=1S/C14H21NO2/c1-5-10-8-12(16-11-6-7-11)13(15-9-10)17-14(2,3)4/h8-9,11H,5-7H2,1-4H3. The summed E-state index contributed by atoms with van der Waals surface area (Å²) in [6, 6.07) is 2.05. The maximum atomic E-state index is 5.86. The van der Waals surface area contributed by atoms with Crippen molar-refractivity contribution in [3.63, 3.8) is 0 Å². The van der Waals surface area contributed by atoms with Gasteiger partial charge in [-0.2, -0.15) is 0 Å². The van der Waals surface area contributed by atoms with Gasteiger partial charge >= 0.3 is 0 Å². The highest BCUT2D eigenvalue weighted by molar-refractivity contribution is 5.37. The van der Waals surface area contributed by atoms with Crippen LogP contribution in [0.5, 0.6) is 11.6 Å². The van der Waals surface area contributed by atoms with Crippen LogP contribution in [0.3, 0.4) is 0 Å². The van der Waals surface area contributed by atoms with E-state index in [1.165, 1.54) is 5.56 Å². The van der Waals surface area contributed by atoms with E-state index in [1.807, 2.05) is 33.0 Å². The summed E-state index contributed by atoms with van der Waals surface area (Å²) < 4.78 is 11.7. The highest BCUT2D eigenvalue weighted by Crippen LogP contribution is 2.34. The Bertz CT molecular complexity index is 392. The Morgan fingerprint density at radius 3 is 2.59 bits per heavy atom. The fraction of sp³-hybridized carbons (Fsp3) is 0.643. The smallest absolute Gasteiger partial charge is 0.257 e. The van der Waals surface area contributed by atoms with Crippen molar-refractivity contribution in [1.82, 2.24) is 4.98 Å². The lowest BCUT2D eigenvalue weighted by Crippen LogP contribution is -2.24. The molecule has 1 saturated carbocycles. The predicted octanol–water partition coefficient (Wildman–Crippen LogP) is 3.36. The van der Waals surface area contributed by atoms with Gasteiger partial charge in [-0.25, -0.2) is 4.98 Å². The third kappa shape index (κ3) is 3.62. The van der Waals surface area contributed by atoms with Gasteiger partial charge in [-0.3, -0.25) is 0 Å². The van der Waals surface area contributed by atoms with Crippen LogP contribution in [0.25, 0.3) is 0 Å². The van der Waals surface area contributed by atoms with Crippen LogP contribution >= 0.6 is 0 Å². The quantitative estimate of drug-likeness (QED) is 0.802. The zero-order valence-corrected chi connectivity index (χ0v) is 11.1. The summed E-state index contributed by atoms with van der Waals surface area (Å²) >= 11 is 0. The Morgan fingerprint density at radius 2 is 2.06 bits per heavy atom. The van der Waals surface area contributed by atoms with Crippen LogP contribution in [0.1, 0.15) is 46.1 Å². The first-order valence-corrected chi connectivity index (χ1v) is 6.32. The van der Waals surface area contributed by atoms with Crippen LogP contribution in [0.15, 0.2) is 12.3 Å². The molecule has 1 heterocycles. The van der Waals surface area contributed by atoms with Crippen molar-refractivity contribution in [3.05, 3.63) is 17.8 Å². The second-order valence-corrected chi connectivity index (χ2v) is 5.53. The Balaban J connectivity index is 2.22. The van der Waals surface area contributed by atoms with Gasteiger partial charge in [0.05, 0.1) is 6.10 Å². The molecule has 0 bridgehead atoms. The second kappa shape index (κ2) is 4.55. The minimum absolute atomic E-state index is 0.248. The van der Waals surface area contributed by atoms with Crippen molar-refractivity contribution >= 4 is 0 Å². The zero-order valence-electron chi connectivity index (χ0n) is 11.1. The van der Waals surface area contributed by atoms with E-state index in [0.717, 1.165) is 25.0 Å². The molecule has 0 spiro atoms. The minimum Gasteiger partial charge on any atom is -0.485 e. The first-order valence-electron chi connectivity index (χ1n) is 6.32. The van der Waals surface area contributed by atoms with Crippen molar-refractivity contribution in [3.8, 4) is 11.6 Å². The molecule has 94 valence electrons. The number of pyridine rings is 1. The molecule has 0 atom stereocenters. The number of ether oxygens (including phenoxy) is 2. The molecule has 1 aliphatic rings. The monoisotopic (exact) mass is 235 g/mol. The van der Waals surface area contributed by atoms with Crippen LogP contribution in [0.4, 0.5) is 0 Å². The van der Waals surface area contributed by atoms with Gasteiger partial charge in [0, 0.05) is 6.20 Å². The molecule has 3 heteroatoms. The summed E-state index contributed by atoms with van der Waals surface area (Å²) in [6.45, 7) is 8.16. The van der Waals surface area contributed by atoms with E-state index in [0.29, 0.717) is 12.0 Å². The molecule has 1 aliphatic carbocycles. The zero-order chi connectivity index (χ0) is 12.5. The van der Waals surface area contributed by atoms with Gasteiger partial charge in [-0.15, -0.1) is 0 Å². The normalized spacial score (nSPS) is 15.8. The van der Waals surface area contributed by atoms with Crippen LogP contribution < -0.4 is 9.47 Å². The van der Waals surface area contributed by atoms with Crippen molar-refractivity contribution in [2.45, 2.75) is 58.7 Å². The summed E-state index contributed by atoms with van der Waals surface area (Å²) in [7, 11) is 0. The molecule has 0 amide bonds. The molecule has 17 heavy (non-hydrogen) atoms. The van der Waals surface area contributed by atoms with Gasteiger partial charge in [-0.1, -0.05) is 6.92 Å². The minimum atomic E-state index is -0.248. The maximum absolute atomic E-state index is 5.86. The number of rotatable bonds is 4. The summed E-state index contributed by atoms with van der Waals surface area (Å²) in [4.78, 5) is 4.37. The molecular weight excluding hydrogens is 214 g/mol. The summed E-state index contributed by atoms with van der Waals surface area (Å²) in [5, 5.41) is 0. The molecule has 1 aromatic heterocycles. The number of aryl methyl sites for hydroxylation is 1. The topological polar surface area (TPSA) is 31.4 Å². The van der Waals surface area contributed by atoms with Crippen molar-refractivity contribution in [2.75, 3.05) is 0 Å². The van der Waals surface area contributed by atoms with Crippen LogP contribution in [-0.4, -0.2) is 16.7 Å². The van der Waals surface area contributed by atoms with E-state index in [1.54, 1.807) is 0 Å². The Morgan fingerprint density at radius 1 is 1.35 bits per heavy atom. The van der Waals surface area contributed by atoms with E-state index in [9.17, 15) is 0 Å². The Kier molecular flexibility index (Phi) is 3.27. The molecule has 0 saturated heterocycles. The number of aromatic nitrogens is 1. The molecule has 1 fully saturated rings. The second-order valence-electron chi connectivity index (χ2n) is 5.53. The van der Waals surface area contributed by atoms with Crippen LogP contribution in [-0.2, 0) is 6.42 Å². The summed E-state index contributed by atoms with van der Waals surface area (Å²) in [5.74, 6) is 1.41. The number of nitrogens with zero attached hydrogens (tertiary/aromatic N) is 1. The van der Waals surface area contributed by atoms with Crippen LogP contribution in [0, 0.1) is 0 Å². The van der Waals surface area contributed by atoms with Gasteiger partial charge in [0.2, 0.25) is 0 Å². The highest BCUT2D eigenvalue weighted by atomic mass is 16.5.